The molecule has 0 spiro atoms. The first-order valence-electron chi connectivity index (χ1n) is 25.0. The second-order valence-electron chi connectivity index (χ2n) is 17.3. The standard InChI is InChI=1S/C47H77N11O21/c1-4-13-72-17-19-74-21-22-75-20-18-73-14-8-37(67)58(12-7-36(66)53-10-16-77-41(32(64)26-60)43-39(55-28(3)62)30(57-47(50)51)24-34(79-43)45(70)71)11-5-6-35(65)52-9-15-76-40(31(63)25-59)42-38(54-27(2)61)29(56-46(48)49)23-33(78-42)44(68)69/h1,23-24,29-32,38-43,59-60,63-64H,5-22,25-26H2,2-3H3,(H,52,65)(H,53,66)(H,54,61)(H,55,62)(H,68,69)(H,70,71)(H4,48,49,56)(H4,50,51,57)/t29-,30-,31+,32+,38?,39+,40+,41+,42+,43+/m0/s1. The van der Waals surface area contributed by atoms with Crippen LogP contribution in [0, 0.1) is 12.3 Å². The monoisotopic (exact) mass is 1130 g/mol. The van der Waals surface area contributed by atoms with Crippen molar-refractivity contribution >= 4 is 53.4 Å². The van der Waals surface area contributed by atoms with Gasteiger partial charge < -0.3 is 118 Å². The smallest absolute Gasteiger partial charge is 0.370 e. The van der Waals surface area contributed by atoms with Gasteiger partial charge in [0, 0.05) is 52.9 Å². The number of rotatable bonds is 40. The quantitative estimate of drug-likeness (QED) is 0.0117. The van der Waals surface area contributed by atoms with Crippen molar-refractivity contribution in [3.8, 4) is 12.3 Å². The van der Waals surface area contributed by atoms with Gasteiger partial charge in [0.1, 0.15) is 31.0 Å². The molecule has 0 aromatic carbocycles. The largest absolute Gasteiger partial charge is 0.478 e. The van der Waals surface area contributed by atoms with Crippen LogP contribution in [0.15, 0.2) is 33.7 Å². The van der Waals surface area contributed by atoms with Crippen molar-refractivity contribution in [2.75, 3.05) is 105 Å². The Morgan fingerprint density at radius 1 is 0.646 bits per heavy atom. The van der Waals surface area contributed by atoms with Gasteiger partial charge in [-0.15, -0.1) is 6.42 Å². The van der Waals surface area contributed by atoms with Gasteiger partial charge in [0.05, 0.1) is 103 Å². The molecule has 79 heavy (non-hydrogen) atoms. The van der Waals surface area contributed by atoms with Crippen molar-refractivity contribution in [3.05, 3.63) is 23.7 Å². The molecule has 18 N–H and O–H groups in total. The Kier molecular flexibility index (Phi) is 32.6. The number of carboxylic acids is 2. The van der Waals surface area contributed by atoms with Crippen molar-refractivity contribution in [2.45, 2.75) is 100 Å². The summed E-state index contributed by atoms with van der Waals surface area (Å²) in [5.41, 5.74) is 22.2. The van der Waals surface area contributed by atoms with E-state index in [0.29, 0.717) is 19.8 Å². The third-order valence-electron chi connectivity index (χ3n) is 11.2. The van der Waals surface area contributed by atoms with Gasteiger partial charge in [0.15, 0.2) is 24.1 Å². The Morgan fingerprint density at radius 2 is 1.06 bits per heavy atom. The first kappa shape index (κ1) is 68.2. The highest BCUT2D eigenvalue weighted by Crippen LogP contribution is 2.28. The lowest BCUT2D eigenvalue weighted by Crippen LogP contribution is -2.60. The molecule has 0 saturated heterocycles. The predicted molar refractivity (Wildman–Crippen MR) is 274 cm³/mol. The van der Waals surface area contributed by atoms with Gasteiger partial charge in [-0.2, -0.15) is 0 Å². The number of amides is 5. The van der Waals surface area contributed by atoms with Crippen LogP contribution in [0.25, 0.3) is 0 Å². The predicted octanol–water partition coefficient (Wildman–Crippen LogP) is -7.19. The number of aliphatic imine (C=N–C) groups is 2. The Bertz CT molecular complexity index is 2120. The number of carbonyl (C=O) groups is 7. The zero-order valence-electron chi connectivity index (χ0n) is 44.1. The SMILES string of the molecule is C#CCOCCOCCOCCOCCC(=O)N(CCCC(=O)NCCO[C@H]([C@H](O)CO)[C@@H]1OC(C(=O)O)=C[C@H](N=C(N)N)C1NC(C)=O)CCC(=O)NCCO[C@@H]([C@@H]1OC(C(=O)O)=C[C@H](N=C(N)N)[C@H]1NC(C)=O)[C@H](O)CO. The molecule has 0 radical (unpaired) electrons. The van der Waals surface area contributed by atoms with Gasteiger partial charge in [0.25, 0.3) is 0 Å². The summed E-state index contributed by atoms with van der Waals surface area (Å²) in [7, 11) is 0. The van der Waals surface area contributed by atoms with Crippen LogP contribution >= 0.6 is 0 Å². The summed E-state index contributed by atoms with van der Waals surface area (Å²) in [6, 6.07) is -4.78. The molecule has 0 aromatic heterocycles. The molecular formula is C47H77N11O21. The van der Waals surface area contributed by atoms with Crippen LogP contribution in [0.3, 0.4) is 0 Å². The van der Waals surface area contributed by atoms with Crippen LogP contribution in [0.2, 0.25) is 0 Å². The van der Waals surface area contributed by atoms with E-state index in [1.54, 1.807) is 0 Å². The number of carboxylic acid groups (broad SMARTS) is 2. The summed E-state index contributed by atoms with van der Waals surface area (Å²) in [5, 5.41) is 71.0. The van der Waals surface area contributed by atoms with Gasteiger partial charge in [-0.25, -0.2) is 19.6 Å². The molecule has 446 valence electrons. The van der Waals surface area contributed by atoms with E-state index in [1.165, 1.54) is 4.90 Å². The van der Waals surface area contributed by atoms with Crippen LogP contribution < -0.4 is 44.2 Å². The Morgan fingerprint density at radius 3 is 1.46 bits per heavy atom. The van der Waals surface area contributed by atoms with Crippen LogP contribution in [0.4, 0.5) is 0 Å². The minimum Gasteiger partial charge on any atom is -0.478 e. The number of nitrogens with one attached hydrogen (secondary N) is 4. The number of nitrogens with two attached hydrogens (primary N) is 4. The highest BCUT2D eigenvalue weighted by Gasteiger charge is 2.46. The molecule has 0 fully saturated rings. The zero-order chi connectivity index (χ0) is 58.9. The lowest BCUT2D eigenvalue weighted by atomic mass is 9.92. The van der Waals surface area contributed by atoms with Crippen molar-refractivity contribution in [1.82, 2.24) is 26.2 Å². The second kappa shape index (κ2) is 37.8. The molecule has 32 nitrogen and oxygen atoms in total. The van der Waals surface area contributed by atoms with Gasteiger partial charge in [-0.05, 0) is 18.6 Å². The molecule has 0 aliphatic carbocycles. The molecule has 2 aliphatic heterocycles. The first-order valence-corrected chi connectivity index (χ1v) is 25.0. The average Bonchev–Trinajstić information content (AvgIpc) is 3.44. The fourth-order valence-electron chi connectivity index (χ4n) is 7.74. The number of hydrogen-bond donors (Lipinski definition) is 14. The van der Waals surface area contributed by atoms with E-state index in [0.717, 1.165) is 26.0 Å². The third kappa shape index (κ3) is 26.5. The number of aliphatic hydroxyl groups is 4. The van der Waals surface area contributed by atoms with E-state index in [-0.39, 0.29) is 98.1 Å². The van der Waals surface area contributed by atoms with E-state index in [9.17, 15) is 64.2 Å². The van der Waals surface area contributed by atoms with Gasteiger partial charge in [-0.1, -0.05) is 5.92 Å². The van der Waals surface area contributed by atoms with Crippen molar-refractivity contribution in [3.63, 3.8) is 0 Å². The van der Waals surface area contributed by atoms with E-state index >= 15 is 0 Å². The van der Waals surface area contributed by atoms with Gasteiger partial charge in [-0.3, -0.25) is 24.0 Å². The van der Waals surface area contributed by atoms with Crippen LogP contribution in [0.1, 0.15) is 39.5 Å². The Balaban J connectivity index is 2.08. The molecule has 5 amide bonds. The van der Waals surface area contributed by atoms with E-state index in [2.05, 4.69) is 37.2 Å². The number of nitrogens with zero attached hydrogens (tertiary/aromatic N) is 3. The minimum atomic E-state index is -1.70. The fourth-order valence-corrected chi connectivity index (χ4v) is 7.74. The lowest BCUT2D eigenvalue weighted by Gasteiger charge is -2.40. The number of guanidine groups is 2. The molecule has 0 saturated carbocycles. The topological polar surface area (TPSA) is 495 Å². The van der Waals surface area contributed by atoms with Gasteiger partial charge >= 0.3 is 11.9 Å². The molecule has 0 bridgehead atoms. The molecule has 0 aromatic rings. The van der Waals surface area contributed by atoms with Crippen molar-refractivity contribution in [1.29, 1.82) is 0 Å². The number of terminal acetylenes is 1. The Labute approximate surface area is 455 Å². The number of ether oxygens (including phenoxy) is 8. The molecular weight excluding hydrogens is 1050 g/mol. The number of aliphatic hydroxyl groups excluding tert-OH is 4. The van der Waals surface area contributed by atoms with Crippen molar-refractivity contribution < 1.29 is 102 Å². The lowest BCUT2D eigenvalue weighted by molar-refractivity contribution is -0.154. The molecule has 2 rings (SSSR count). The summed E-state index contributed by atoms with van der Waals surface area (Å²) >= 11 is 0. The minimum absolute atomic E-state index is 0.00590. The number of carbonyl (C=O) groups excluding carboxylic acids is 5. The van der Waals surface area contributed by atoms with E-state index < -0.39 is 139 Å². The highest BCUT2D eigenvalue weighted by molar-refractivity contribution is 5.86. The zero-order valence-corrected chi connectivity index (χ0v) is 44.1. The van der Waals surface area contributed by atoms with Crippen LogP contribution in [0.5, 0.6) is 0 Å². The maximum atomic E-state index is 13.5. The molecule has 10 atom stereocenters. The van der Waals surface area contributed by atoms with Crippen molar-refractivity contribution in [2.24, 2.45) is 32.9 Å². The molecule has 2 heterocycles. The summed E-state index contributed by atoms with van der Waals surface area (Å²) in [5.74, 6) is -5.55. The van der Waals surface area contributed by atoms with Gasteiger partial charge in [0.2, 0.25) is 41.1 Å². The highest BCUT2D eigenvalue weighted by atomic mass is 16.6. The molecule has 1 unspecified atom stereocenters. The maximum absolute atomic E-state index is 13.5. The molecule has 2 aliphatic rings. The number of hydrogen-bond acceptors (Lipinski definition) is 21. The first-order chi connectivity index (χ1) is 37.6. The molecule has 32 heteroatoms. The Hall–Kier alpha value is -6.93. The number of aliphatic carboxylic acids is 2. The van der Waals surface area contributed by atoms with E-state index in [4.69, 9.17) is 67.3 Å². The third-order valence-corrected chi connectivity index (χ3v) is 11.2. The second-order valence-corrected chi connectivity index (χ2v) is 17.3. The fraction of sp³-hybridized carbons (Fsp3) is 0.681. The summed E-state index contributed by atoms with van der Waals surface area (Å²) < 4.78 is 44.3. The van der Waals surface area contributed by atoms with E-state index in [1.807, 2.05) is 0 Å². The summed E-state index contributed by atoms with van der Waals surface area (Å²) in [6.07, 6.45) is -2.46. The average molecular weight is 1130 g/mol. The summed E-state index contributed by atoms with van der Waals surface area (Å²) in [6.45, 7) is 1.21. The van der Waals surface area contributed by atoms with Crippen LogP contribution in [-0.2, 0) is 71.5 Å². The van der Waals surface area contributed by atoms with Crippen LogP contribution in [-0.4, -0.2) is 255 Å². The summed E-state index contributed by atoms with van der Waals surface area (Å²) in [4.78, 5) is 97.2. The normalized spacial score (nSPS) is 20.1. The maximum Gasteiger partial charge on any atom is 0.370 e.